The predicted molar refractivity (Wildman–Crippen MR) is 105 cm³/mol. The molecule has 0 saturated heterocycles. The van der Waals surface area contributed by atoms with Gasteiger partial charge in [-0.3, -0.25) is 0 Å². The third-order valence-corrected chi connectivity index (χ3v) is 3.37. The van der Waals surface area contributed by atoms with Crippen LogP contribution in [-0.2, 0) is 11.2 Å². The minimum atomic E-state index is -0.501. The highest BCUT2D eigenvalue weighted by molar-refractivity contribution is 5.67. The zero-order valence-corrected chi connectivity index (χ0v) is 17.0. The maximum Gasteiger partial charge on any atom is 0.407 e. The van der Waals surface area contributed by atoms with E-state index in [2.05, 4.69) is 15.5 Å². The van der Waals surface area contributed by atoms with Crippen molar-refractivity contribution in [2.24, 2.45) is 5.73 Å². The number of ether oxygens (including phenoxy) is 1. The number of rotatable bonds is 7. The normalized spacial score (nSPS) is 11.9. The van der Waals surface area contributed by atoms with Gasteiger partial charge in [-0.25, -0.2) is 4.79 Å². The lowest BCUT2D eigenvalue weighted by molar-refractivity contribution is 0.0526. The zero-order valence-electron chi connectivity index (χ0n) is 17.0. The van der Waals surface area contributed by atoms with Crippen LogP contribution < -0.4 is 11.1 Å². The molecule has 1 heterocycles. The van der Waals surface area contributed by atoms with Crippen LogP contribution in [0.25, 0.3) is 0 Å². The molecule has 7 nitrogen and oxygen atoms in total. The number of nitrogens with two attached hydrogens (primary N) is 1. The standard InChI is InChI=1S/C18H26N4O3.C2H6/c1-18(2,3)24-17(23)20-11-7-10-14(19)16-21-15(22-25-16)12-13-8-5-4-6-9-13;1-2/h4-6,8-9,14H,7,10-12,19H2,1-3H3,(H,20,23);1-2H3. The maximum absolute atomic E-state index is 11.5. The molecule has 0 bridgehead atoms. The number of amides is 1. The van der Waals surface area contributed by atoms with E-state index in [0.29, 0.717) is 37.5 Å². The Bertz CT molecular complexity index is 665. The zero-order chi connectivity index (χ0) is 20.3. The van der Waals surface area contributed by atoms with Gasteiger partial charge in [-0.1, -0.05) is 49.3 Å². The van der Waals surface area contributed by atoms with Crippen molar-refractivity contribution in [1.29, 1.82) is 0 Å². The third-order valence-electron chi connectivity index (χ3n) is 3.37. The second-order valence-corrected chi connectivity index (χ2v) is 6.89. The average molecular weight is 377 g/mol. The van der Waals surface area contributed by atoms with Gasteiger partial charge in [0.25, 0.3) is 0 Å². The number of carbonyl (C=O) groups excluding carboxylic acids is 1. The van der Waals surface area contributed by atoms with Crippen molar-refractivity contribution in [1.82, 2.24) is 15.5 Å². The third kappa shape index (κ3) is 9.19. The van der Waals surface area contributed by atoms with E-state index in [4.69, 9.17) is 15.0 Å². The lowest BCUT2D eigenvalue weighted by Crippen LogP contribution is -2.33. The molecule has 0 saturated carbocycles. The number of carbonyl (C=O) groups is 1. The van der Waals surface area contributed by atoms with Crippen molar-refractivity contribution >= 4 is 6.09 Å². The molecule has 3 N–H and O–H groups in total. The first-order valence-corrected chi connectivity index (χ1v) is 9.42. The SMILES string of the molecule is CC.CC(C)(C)OC(=O)NCCCC(N)c1nc(Cc2ccccc2)no1. The topological polar surface area (TPSA) is 103 Å². The fraction of sp³-hybridized carbons (Fsp3) is 0.550. The molecule has 1 unspecified atom stereocenters. The quantitative estimate of drug-likeness (QED) is 0.708. The lowest BCUT2D eigenvalue weighted by atomic mass is 10.1. The molecule has 0 aliphatic heterocycles. The number of hydrogen-bond acceptors (Lipinski definition) is 6. The number of nitrogens with one attached hydrogen (secondary N) is 1. The molecule has 0 fully saturated rings. The molecular weight excluding hydrogens is 344 g/mol. The summed E-state index contributed by atoms with van der Waals surface area (Å²) in [6, 6.07) is 9.58. The van der Waals surface area contributed by atoms with Crippen LogP contribution in [0.15, 0.2) is 34.9 Å². The van der Waals surface area contributed by atoms with Crippen molar-refractivity contribution in [2.45, 2.75) is 65.5 Å². The van der Waals surface area contributed by atoms with Crippen LogP contribution in [0.3, 0.4) is 0 Å². The smallest absolute Gasteiger partial charge is 0.407 e. The van der Waals surface area contributed by atoms with Crippen LogP contribution in [0.5, 0.6) is 0 Å². The molecule has 1 atom stereocenters. The number of hydrogen-bond donors (Lipinski definition) is 2. The number of alkyl carbamates (subject to hydrolysis) is 1. The Morgan fingerprint density at radius 2 is 1.93 bits per heavy atom. The average Bonchev–Trinajstić information content (AvgIpc) is 3.08. The molecule has 0 radical (unpaired) electrons. The summed E-state index contributed by atoms with van der Waals surface area (Å²) in [5, 5.41) is 6.67. The van der Waals surface area contributed by atoms with Crippen LogP contribution in [0.2, 0.25) is 0 Å². The van der Waals surface area contributed by atoms with E-state index in [1.54, 1.807) is 0 Å². The summed E-state index contributed by atoms with van der Waals surface area (Å²) >= 11 is 0. The van der Waals surface area contributed by atoms with Gasteiger partial charge in [-0.05, 0) is 39.2 Å². The molecule has 0 aliphatic carbocycles. The van der Waals surface area contributed by atoms with Crippen LogP contribution in [0.1, 0.15) is 70.8 Å². The van der Waals surface area contributed by atoms with E-state index < -0.39 is 11.7 Å². The molecule has 1 aromatic heterocycles. The molecule has 1 amide bonds. The minimum absolute atomic E-state index is 0.350. The first kappa shape index (κ1) is 22.6. The first-order chi connectivity index (χ1) is 12.8. The van der Waals surface area contributed by atoms with E-state index in [1.165, 1.54) is 0 Å². The van der Waals surface area contributed by atoms with Gasteiger partial charge in [-0.2, -0.15) is 4.98 Å². The van der Waals surface area contributed by atoms with Crippen molar-refractivity contribution < 1.29 is 14.1 Å². The summed E-state index contributed by atoms with van der Waals surface area (Å²) in [6.07, 6.45) is 1.50. The van der Waals surface area contributed by atoms with E-state index in [-0.39, 0.29) is 6.04 Å². The van der Waals surface area contributed by atoms with Crippen molar-refractivity contribution in [3.05, 3.63) is 47.6 Å². The number of aromatic nitrogens is 2. The van der Waals surface area contributed by atoms with Gasteiger partial charge in [0, 0.05) is 13.0 Å². The summed E-state index contributed by atoms with van der Waals surface area (Å²) in [5.74, 6) is 1.03. The summed E-state index contributed by atoms with van der Waals surface area (Å²) in [6.45, 7) is 9.95. The van der Waals surface area contributed by atoms with E-state index in [1.807, 2.05) is 65.0 Å². The van der Waals surface area contributed by atoms with E-state index in [0.717, 1.165) is 5.56 Å². The highest BCUT2D eigenvalue weighted by Gasteiger charge is 2.17. The second-order valence-electron chi connectivity index (χ2n) is 6.89. The Morgan fingerprint density at radius 3 is 2.56 bits per heavy atom. The monoisotopic (exact) mass is 376 g/mol. The summed E-state index contributed by atoms with van der Waals surface area (Å²) in [7, 11) is 0. The number of benzene rings is 1. The minimum Gasteiger partial charge on any atom is -0.444 e. The highest BCUT2D eigenvalue weighted by atomic mass is 16.6. The molecular formula is C20H32N4O3. The van der Waals surface area contributed by atoms with Crippen LogP contribution in [0, 0.1) is 0 Å². The van der Waals surface area contributed by atoms with E-state index in [9.17, 15) is 4.79 Å². The summed E-state index contributed by atoms with van der Waals surface area (Å²) < 4.78 is 10.4. The molecule has 1 aromatic carbocycles. The Balaban J connectivity index is 0.00000176. The fourth-order valence-corrected chi connectivity index (χ4v) is 2.22. The Kier molecular flexibility index (Phi) is 9.50. The summed E-state index contributed by atoms with van der Waals surface area (Å²) in [4.78, 5) is 15.9. The predicted octanol–water partition coefficient (Wildman–Crippen LogP) is 3.99. The van der Waals surface area contributed by atoms with Gasteiger partial charge in [0.15, 0.2) is 5.82 Å². The lowest BCUT2D eigenvalue weighted by Gasteiger charge is -2.19. The largest absolute Gasteiger partial charge is 0.444 e. The Hall–Kier alpha value is -2.41. The molecule has 2 aromatic rings. The van der Waals surface area contributed by atoms with E-state index >= 15 is 0 Å². The van der Waals surface area contributed by atoms with Crippen LogP contribution in [0.4, 0.5) is 4.79 Å². The molecule has 7 heteroatoms. The highest BCUT2D eigenvalue weighted by Crippen LogP contribution is 2.15. The van der Waals surface area contributed by atoms with Gasteiger partial charge >= 0.3 is 6.09 Å². The second kappa shape index (κ2) is 11.3. The van der Waals surface area contributed by atoms with Crippen LogP contribution in [-0.4, -0.2) is 28.4 Å². The van der Waals surface area contributed by atoms with Crippen molar-refractivity contribution in [3.8, 4) is 0 Å². The van der Waals surface area contributed by atoms with Gasteiger partial charge in [0.05, 0.1) is 6.04 Å². The number of nitrogens with zero attached hydrogens (tertiary/aromatic N) is 2. The molecule has 150 valence electrons. The van der Waals surface area contributed by atoms with Gasteiger partial charge in [0.1, 0.15) is 5.60 Å². The fourth-order valence-electron chi connectivity index (χ4n) is 2.22. The molecule has 0 aliphatic rings. The van der Waals surface area contributed by atoms with Crippen LogP contribution >= 0.6 is 0 Å². The Morgan fingerprint density at radius 1 is 1.26 bits per heavy atom. The maximum atomic E-state index is 11.5. The first-order valence-electron chi connectivity index (χ1n) is 9.42. The van der Waals surface area contributed by atoms with Crippen molar-refractivity contribution in [3.63, 3.8) is 0 Å². The molecule has 27 heavy (non-hydrogen) atoms. The van der Waals surface area contributed by atoms with Gasteiger partial charge in [-0.15, -0.1) is 0 Å². The van der Waals surface area contributed by atoms with Gasteiger partial charge < -0.3 is 20.3 Å². The Labute approximate surface area is 161 Å². The van der Waals surface area contributed by atoms with Gasteiger partial charge in [0.2, 0.25) is 5.89 Å². The summed E-state index contributed by atoms with van der Waals surface area (Å²) in [5.41, 5.74) is 6.70. The molecule has 2 rings (SSSR count). The molecule has 0 spiro atoms. The van der Waals surface area contributed by atoms with Crippen molar-refractivity contribution in [2.75, 3.05) is 6.54 Å².